The number of piperidine rings is 1. The van der Waals surface area contributed by atoms with Gasteiger partial charge in [0.1, 0.15) is 6.10 Å². The predicted molar refractivity (Wildman–Crippen MR) is 88.5 cm³/mol. The van der Waals surface area contributed by atoms with Gasteiger partial charge in [0, 0.05) is 18.6 Å². The molecular formula is C18H28N2O2. The van der Waals surface area contributed by atoms with E-state index < -0.39 is 6.09 Å². The number of nitrogens with zero attached hydrogens (tertiary/aromatic N) is 1. The summed E-state index contributed by atoms with van der Waals surface area (Å²) >= 11 is 0. The summed E-state index contributed by atoms with van der Waals surface area (Å²) in [5.41, 5.74) is 6.57. The number of benzene rings is 1. The highest BCUT2D eigenvalue weighted by molar-refractivity contribution is 5.64. The van der Waals surface area contributed by atoms with Gasteiger partial charge in [-0.1, -0.05) is 50.1 Å². The first-order valence-corrected chi connectivity index (χ1v) is 8.37. The first-order chi connectivity index (χ1) is 10.6. The zero-order valence-corrected chi connectivity index (χ0v) is 13.7. The lowest BCUT2D eigenvalue weighted by Crippen LogP contribution is -2.53. The maximum absolute atomic E-state index is 11.2. The molecule has 1 saturated heterocycles. The molecule has 0 bridgehead atoms. The van der Waals surface area contributed by atoms with Crippen LogP contribution in [0.3, 0.4) is 0 Å². The molecule has 1 aromatic rings. The Morgan fingerprint density at radius 2 is 2.05 bits per heavy atom. The van der Waals surface area contributed by atoms with E-state index in [2.05, 4.69) is 43.0 Å². The van der Waals surface area contributed by atoms with Crippen LogP contribution in [0.1, 0.15) is 51.5 Å². The molecule has 122 valence electrons. The monoisotopic (exact) mass is 304 g/mol. The lowest BCUT2D eigenvalue weighted by Gasteiger charge is -2.44. The fourth-order valence-corrected chi connectivity index (χ4v) is 3.42. The van der Waals surface area contributed by atoms with Crippen LogP contribution in [0.2, 0.25) is 0 Å². The molecule has 1 heterocycles. The van der Waals surface area contributed by atoms with Crippen molar-refractivity contribution < 1.29 is 9.53 Å². The Kier molecular flexibility index (Phi) is 6.25. The highest BCUT2D eigenvalue weighted by Crippen LogP contribution is 2.30. The van der Waals surface area contributed by atoms with Crippen molar-refractivity contribution >= 4 is 6.09 Å². The summed E-state index contributed by atoms with van der Waals surface area (Å²) in [6.07, 6.45) is 4.54. The number of amides is 1. The molecule has 2 N–H and O–H groups in total. The van der Waals surface area contributed by atoms with Crippen molar-refractivity contribution in [3.8, 4) is 0 Å². The van der Waals surface area contributed by atoms with Crippen molar-refractivity contribution in [2.75, 3.05) is 0 Å². The number of primary amides is 1. The summed E-state index contributed by atoms with van der Waals surface area (Å²) in [6.45, 7) is 5.36. The highest BCUT2D eigenvalue weighted by Gasteiger charge is 2.36. The fraction of sp³-hybridized carbons (Fsp3) is 0.611. The lowest BCUT2D eigenvalue weighted by atomic mass is 9.89. The Bertz CT molecular complexity index is 463. The quantitative estimate of drug-likeness (QED) is 0.872. The largest absolute Gasteiger partial charge is 0.445 e. The van der Waals surface area contributed by atoms with Gasteiger partial charge in [-0.3, -0.25) is 4.90 Å². The molecule has 4 heteroatoms. The van der Waals surface area contributed by atoms with Crippen molar-refractivity contribution in [2.24, 2.45) is 5.73 Å². The first-order valence-electron chi connectivity index (χ1n) is 8.37. The molecule has 0 saturated carbocycles. The summed E-state index contributed by atoms with van der Waals surface area (Å²) in [7, 11) is 0. The molecule has 4 nitrogen and oxygen atoms in total. The van der Waals surface area contributed by atoms with Gasteiger partial charge in [-0.2, -0.15) is 0 Å². The van der Waals surface area contributed by atoms with Crippen LogP contribution >= 0.6 is 0 Å². The SMILES string of the molecule is CCCCC1C(OC(N)=O)CCC(C)N1Cc1ccccc1. The van der Waals surface area contributed by atoms with Crippen LogP contribution in [0.5, 0.6) is 0 Å². The van der Waals surface area contributed by atoms with E-state index in [1.807, 2.05) is 6.07 Å². The van der Waals surface area contributed by atoms with Gasteiger partial charge in [-0.15, -0.1) is 0 Å². The molecule has 1 aromatic carbocycles. The summed E-state index contributed by atoms with van der Waals surface area (Å²) in [4.78, 5) is 13.7. The van der Waals surface area contributed by atoms with Crippen molar-refractivity contribution in [1.82, 2.24) is 4.90 Å². The molecule has 1 fully saturated rings. The molecule has 3 unspecified atom stereocenters. The molecule has 1 aliphatic rings. The summed E-state index contributed by atoms with van der Waals surface area (Å²) in [6, 6.07) is 11.2. The zero-order valence-electron chi connectivity index (χ0n) is 13.7. The average Bonchev–Trinajstić information content (AvgIpc) is 2.50. The molecule has 0 aromatic heterocycles. The number of carbonyl (C=O) groups excluding carboxylic acids is 1. The van der Waals surface area contributed by atoms with Crippen LogP contribution in [-0.2, 0) is 11.3 Å². The number of hydrogen-bond acceptors (Lipinski definition) is 3. The van der Waals surface area contributed by atoms with Crippen molar-refractivity contribution in [2.45, 2.75) is 70.7 Å². The fourth-order valence-electron chi connectivity index (χ4n) is 3.42. The lowest BCUT2D eigenvalue weighted by molar-refractivity contribution is -0.0325. The number of ether oxygens (including phenoxy) is 1. The smallest absolute Gasteiger partial charge is 0.404 e. The first kappa shape index (κ1) is 16.8. The van der Waals surface area contributed by atoms with E-state index in [1.165, 1.54) is 5.56 Å². The summed E-state index contributed by atoms with van der Waals surface area (Å²) in [5, 5.41) is 0. The van der Waals surface area contributed by atoms with Crippen LogP contribution < -0.4 is 5.73 Å². The van der Waals surface area contributed by atoms with E-state index in [-0.39, 0.29) is 12.1 Å². The van der Waals surface area contributed by atoms with Gasteiger partial charge in [-0.25, -0.2) is 4.79 Å². The predicted octanol–water partition coefficient (Wildman–Crippen LogP) is 3.69. The summed E-state index contributed by atoms with van der Waals surface area (Å²) < 4.78 is 5.41. The molecule has 0 aliphatic carbocycles. The molecule has 2 rings (SSSR count). The number of unbranched alkanes of at least 4 members (excludes halogenated alkanes) is 1. The van der Waals surface area contributed by atoms with Gasteiger partial charge in [-0.05, 0) is 31.7 Å². The van der Waals surface area contributed by atoms with E-state index in [9.17, 15) is 4.79 Å². The standard InChI is InChI=1S/C18H28N2O2/c1-3-4-10-16-17(22-18(19)21)12-11-14(2)20(16)13-15-8-6-5-7-9-15/h5-9,14,16-17H,3-4,10-13H2,1-2H3,(H2,19,21). The molecule has 22 heavy (non-hydrogen) atoms. The molecule has 1 amide bonds. The minimum absolute atomic E-state index is 0.0797. The Morgan fingerprint density at radius 1 is 1.32 bits per heavy atom. The number of carbonyl (C=O) groups is 1. The maximum atomic E-state index is 11.2. The third-order valence-electron chi connectivity index (χ3n) is 4.62. The molecule has 1 aliphatic heterocycles. The van der Waals surface area contributed by atoms with Gasteiger partial charge in [0.2, 0.25) is 0 Å². The second kappa shape index (κ2) is 8.18. The van der Waals surface area contributed by atoms with Gasteiger partial charge < -0.3 is 10.5 Å². The van der Waals surface area contributed by atoms with Gasteiger partial charge in [0.25, 0.3) is 0 Å². The number of hydrogen-bond donors (Lipinski definition) is 1. The Labute approximate surface area is 133 Å². The summed E-state index contributed by atoms with van der Waals surface area (Å²) in [5.74, 6) is 0. The minimum Gasteiger partial charge on any atom is -0.445 e. The molecular weight excluding hydrogens is 276 g/mol. The van der Waals surface area contributed by atoms with Gasteiger partial charge in [0.05, 0.1) is 0 Å². The van der Waals surface area contributed by atoms with Crippen LogP contribution in [0, 0.1) is 0 Å². The topological polar surface area (TPSA) is 55.6 Å². The Morgan fingerprint density at radius 3 is 2.68 bits per heavy atom. The number of likely N-dealkylation sites (tertiary alicyclic amines) is 1. The maximum Gasteiger partial charge on any atom is 0.404 e. The third-order valence-corrected chi connectivity index (χ3v) is 4.62. The van der Waals surface area contributed by atoms with Crippen LogP contribution in [0.15, 0.2) is 30.3 Å². The van der Waals surface area contributed by atoms with Crippen LogP contribution in [0.25, 0.3) is 0 Å². The van der Waals surface area contributed by atoms with E-state index >= 15 is 0 Å². The second-order valence-electron chi connectivity index (χ2n) is 6.27. The molecule has 3 atom stereocenters. The van der Waals surface area contributed by atoms with Crippen LogP contribution in [0.4, 0.5) is 4.79 Å². The third kappa shape index (κ3) is 4.47. The van der Waals surface area contributed by atoms with E-state index in [0.29, 0.717) is 6.04 Å². The van der Waals surface area contributed by atoms with E-state index in [1.54, 1.807) is 0 Å². The molecule has 0 radical (unpaired) electrons. The number of nitrogens with two attached hydrogens (primary N) is 1. The van der Waals surface area contributed by atoms with Gasteiger partial charge >= 0.3 is 6.09 Å². The normalized spacial score (nSPS) is 25.8. The Hall–Kier alpha value is -1.55. The van der Waals surface area contributed by atoms with Crippen molar-refractivity contribution in [1.29, 1.82) is 0 Å². The van der Waals surface area contributed by atoms with Crippen molar-refractivity contribution in [3.05, 3.63) is 35.9 Å². The highest BCUT2D eigenvalue weighted by atomic mass is 16.6. The van der Waals surface area contributed by atoms with Crippen molar-refractivity contribution in [3.63, 3.8) is 0 Å². The molecule has 0 spiro atoms. The van der Waals surface area contributed by atoms with E-state index in [0.717, 1.165) is 38.6 Å². The zero-order chi connectivity index (χ0) is 15.9. The van der Waals surface area contributed by atoms with Gasteiger partial charge in [0.15, 0.2) is 0 Å². The minimum atomic E-state index is -0.652. The average molecular weight is 304 g/mol. The van der Waals surface area contributed by atoms with E-state index in [4.69, 9.17) is 10.5 Å². The second-order valence-corrected chi connectivity index (χ2v) is 6.27. The number of rotatable bonds is 6. The Balaban J connectivity index is 2.14. The van der Waals surface area contributed by atoms with Crippen LogP contribution in [-0.4, -0.2) is 29.2 Å².